The van der Waals surface area contributed by atoms with E-state index >= 15 is 0 Å². The number of amides is 3. The molecule has 5 aromatic rings. The Balaban J connectivity index is 1.10. The third kappa shape index (κ3) is 11.2. The largest absolute Gasteiger partial charge is 0.465 e. The second-order valence-corrected chi connectivity index (χ2v) is 15.9. The van der Waals surface area contributed by atoms with Crippen molar-refractivity contribution in [1.29, 1.82) is 0 Å². The minimum atomic E-state index is -3.69. The van der Waals surface area contributed by atoms with Crippen molar-refractivity contribution in [3.63, 3.8) is 0 Å². The second-order valence-electron chi connectivity index (χ2n) is 14.2. The number of carboxylic acid groups (broad SMARTS) is 1. The molecule has 0 spiro atoms. The van der Waals surface area contributed by atoms with E-state index in [-0.39, 0.29) is 18.9 Å². The van der Waals surface area contributed by atoms with Crippen molar-refractivity contribution in [1.82, 2.24) is 10.2 Å². The maximum Gasteiger partial charge on any atom is 0.407 e. The number of hydrogen-bond acceptors (Lipinski definition) is 7. The zero-order valence-corrected chi connectivity index (χ0v) is 33.0. The number of hydrogen-bond donors (Lipinski definition) is 4. The molecular weight excluding hydrogens is 757 g/mol. The standard InChI is InChI=1S/C45H48N4O8S/c1-56-44(51)47-42(41(35-19-7-3-8-20-35)36-21-9-4-10-22-36)43(50)46-39-23-13-11-17-33(39)26-28-38-29-49(45(52)53)37(30-57-38)27-25-34-18-12-14-24-40(34)48-58(54,55)31-32-15-5-2-6-16-32/h2-24,37-38,41-42,48H,25-31H2,1H3,(H,46,50)(H,47,51)(H,52,53)/t37-,38-,42+/m1/s1. The number of aryl methyl sites for hydroxylation is 2. The summed E-state index contributed by atoms with van der Waals surface area (Å²) in [6.07, 6.45) is -0.379. The number of anilines is 2. The fraction of sp³-hybridized carbons (Fsp3) is 0.267. The molecule has 12 nitrogen and oxygen atoms in total. The first-order chi connectivity index (χ1) is 28.1. The molecule has 0 bridgehead atoms. The van der Waals surface area contributed by atoms with Crippen molar-refractivity contribution >= 4 is 39.5 Å². The van der Waals surface area contributed by atoms with E-state index < -0.39 is 52.2 Å². The Bertz CT molecular complexity index is 2200. The van der Waals surface area contributed by atoms with Gasteiger partial charge in [0.2, 0.25) is 15.9 Å². The van der Waals surface area contributed by atoms with Crippen LogP contribution in [0.2, 0.25) is 0 Å². The molecule has 1 fully saturated rings. The van der Waals surface area contributed by atoms with E-state index in [0.29, 0.717) is 42.6 Å². The van der Waals surface area contributed by atoms with Crippen LogP contribution < -0.4 is 15.4 Å². The van der Waals surface area contributed by atoms with Gasteiger partial charge in [-0.1, -0.05) is 127 Å². The quantitative estimate of drug-likeness (QED) is 0.0800. The zero-order chi connectivity index (χ0) is 40.9. The molecule has 58 heavy (non-hydrogen) atoms. The lowest BCUT2D eigenvalue weighted by atomic mass is 9.84. The molecule has 0 unspecified atom stereocenters. The predicted octanol–water partition coefficient (Wildman–Crippen LogP) is 7.44. The van der Waals surface area contributed by atoms with Crippen LogP contribution in [-0.2, 0) is 42.9 Å². The number of nitrogens with zero attached hydrogens (tertiary/aromatic N) is 1. The molecule has 4 N–H and O–H groups in total. The van der Waals surface area contributed by atoms with Gasteiger partial charge in [0.05, 0.1) is 43.8 Å². The van der Waals surface area contributed by atoms with Gasteiger partial charge in [0.1, 0.15) is 6.04 Å². The molecule has 302 valence electrons. The van der Waals surface area contributed by atoms with Crippen molar-refractivity contribution in [3.05, 3.63) is 167 Å². The number of carbonyl (C=O) groups is 3. The molecule has 1 aliphatic heterocycles. The summed E-state index contributed by atoms with van der Waals surface area (Å²) in [5.41, 5.74) is 4.94. The molecule has 1 saturated heterocycles. The maximum atomic E-state index is 14.2. The summed E-state index contributed by atoms with van der Waals surface area (Å²) < 4.78 is 39.9. The van der Waals surface area contributed by atoms with E-state index in [9.17, 15) is 27.9 Å². The average Bonchev–Trinajstić information content (AvgIpc) is 3.23. The van der Waals surface area contributed by atoms with Crippen molar-refractivity contribution in [2.45, 2.75) is 55.5 Å². The number of para-hydroxylation sites is 2. The summed E-state index contributed by atoms with van der Waals surface area (Å²) in [6.45, 7) is 0.333. The van der Waals surface area contributed by atoms with Crippen LogP contribution in [0.25, 0.3) is 0 Å². The van der Waals surface area contributed by atoms with Crippen molar-refractivity contribution < 1.29 is 37.4 Å². The number of carbonyl (C=O) groups excluding carboxylic acids is 2. The molecule has 13 heteroatoms. The minimum absolute atomic E-state index is 0.154. The number of nitrogens with one attached hydrogen (secondary N) is 3. The fourth-order valence-electron chi connectivity index (χ4n) is 7.34. The number of sulfonamides is 1. The zero-order valence-electron chi connectivity index (χ0n) is 32.2. The van der Waals surface area contributed by atoms with Crippen molar-refractivity contribution in [2.24, 2.45) is 0 Å². The molecule has 1 heterocycles. The minimum Gasteiger partial charge on any atom is -0.465 e. The lowest BCUT2D eigenvalue weighted by Crippen LogP contribution is -2.52. The Morgan fingerprint density at radius 3 is 1.90 bits per heavy atom. The summed E-state index contributed by atoms with van der Waals surface area (Å²) in [5.74, 6) is -1.13. The first-order valence-electron chi connectivity index (χ1n) is 19.2. The topological polar surface area (TPSA) is 163 Å². The van der Waals surface area contributed by atoms with Gasteiger partial charge in [-0.2, -0.15) is 0 Å². The van der Waals surface area contributed by atoms with Gasteiger partial charge in [-0.3, -0.25) is 9.52 Å². The first kappa shape index (κ1) is 41.5. The van der Waals surface area contributed by atoms with Gasteiger partial charge >= 0.3 is 12.2 Å². The summed E-state index contributed by atoms with van der Waals surface area (Å²) in [5, 5.41) is 16.0. The molecule has 6 rings (SSSR count). The lowest BCUT2D eigenvalue weighted by molar-refractivity contribution is -0.118. The van der Waals surface area contributed by atoms with E-state index in [0.717, 1.165) is 22.3 Å². The monoisotopic (exact) mass is 804 g/mol. The van der Waals surface area contributed by atoms with Crippen LogP contribution >= 0.6 is 0 Å². The molecule has 3 atom stereocenters. The van der Waals surface area contributed by atoms with Crippen LogP contribution in [0.4, 0.5) is 21.0 Å². The van der Waals surface area contributed by atoms with Crippen LogP contribution in [-0.4, -0.2) is 75.0 Å². The number of rotatable bonds is 16. The highest BCUT2D eigenvalue weighted by Gasteiger charge is 2.34. The number of methoxy groups -OCH3 is 1. The van der Waals surface area contributed by atoms with Crippen LogP contribution in [0, 0.1) is 0 Å². The molecule has 0 aliphatic carbocycles. The third-order valence-electron chi connectivity index (χ3n) is 10.2. The second kappa shape index (κ2) is 19.8. The highest BCUT2D eigenvalue weighted by Crippen LogP contribution is 2.30. The van der Waals surface area contributed by atoms with E-state index in [1.165, 1.54) is 12.0 Å². The summed E-state index contributed by atoms with van der Waals surface area (Å²) in [4.78, 5) is 40.7. The highest BCUT2D eigenvalue weighted by molar-refractivity contribution is 7.91. The summed E-state index contributed by atoms with van der Waals surface area (Å²) in [7, 11) is -2.43. The van der Waals surface area contributed by atoms with Crippen molar-refractivity contribution in [3.8, 4) is 0 Å². The van der Waals surface area contributed by atoms with Crippen LogP contribution in [0.1, 0.15) is 46.6 Å². The number of morpholine rings is 1. The van der Waals surface area contributed by atoms with Gasteiger partial charge in [0.15, 0.2) is 0 Å². The molecule has 3 amide bonds. The first-order valence-corrected chi connectivity index (χ1v) is 20.8. The average molecular weight is 805 g/mol. The van der Waals surface area contributed by atoms with Gasteiger partial charge in [0, 0.05) is 11.6 Å². The van der Waals surface area contributed by atoms with Gasteiger partial charge < -0.3 is 30.1 Å². The van der Waals surface area contributed by atoms with Gasteiger partial charge in [-0.15, -0.1) is 0 Å². The van der Waals surface area contributed by atoms with Gasteiger partial charge in [0.25, 0.3) is 0 Å². The van der Waals surface area contributed by atoms with E-state index in [4.69, 9.17) is 9.47 Å². The predicted molar refractivity (Wildman–Crippen MR) is 223 cm³/mol. The lowest BCUT2D eigenvalue weighted by Gasteiger charge is -2.38. The Morgan fingerprint density at radius 2 is 1.29 bits per heavy atom. The van der Waals surface area contributed by atoms with Crippen molar-refractivity contribution in [2.75, 3.05) is 30.3 Å². The number of ether oxygens (including phenoxy) is 2. The fourth-order valence-corrected chi connectivity index (χ4v) is 8.57. The molecule has 0 aromatic heterocycles. The molecule has 0 radical (unpaired) electrons. The van der Waals surface area contributed by atoms with Crippen LogP contribution in [0.5, 0.6) is 0 Å². The van der Waals surface area contributed by atoms with Crippen LogP contribution in [0.15, 0.2) is 140 Å². The number of alkyl carbamates (subject to hydrolysis) is 1. The Kier molecular flexibility index (Phi) is 14.1. The SMILES string of the molecule is COC(=O)N[C@H](C(=O)Nc1ccccc1CC[C@@H]1CN(C(=O)O)[C@H](CCc2ccccc2NS(=O)(=O)Cc2ccccc2)CO1)C(c1ccccc1)c1ccccc1. The third-order valence-corrected chi connectivity index (χ3v) is 11.5. The van der Waals surface area contributed by atoms with E-state index in [2.05, 4.69) is 15.4 Å². The van der Waals surface area contributed by atoms with Gasteiger partial charge in [-0.25, -0.2) is 18.0 Å². The maximum absolute atomic E-state index is 14.2. The normalized spacial score (nSPS) is 15.9. The Morgan fingerprint density at radius 1 is 0.759 bits per heavy atom. The van der Waals surface area contributed by atoms with Gasteiger partial charge in [-0.05, 0) is 65.6 Å². The van der Waals surface area contributed by atoms with Crippen LogP contribution in [0.3, 0.4) is 0 Å². The summed E-state index contributed by atoms with van der Waals surface area (Å²) >= 11 is 0. The molecular formula is C45H48N4O8S. The van der Waals surface area contributed by atoms with E-state index in [1.807, 2.05) is 97.1 Å². The summed E-state index contributed by atoms with van der Waals surface area (Å²) in [6, 6.07) is 40.9. The smallest absolute Gasteiger partial charge is 0.407 e. The number of benzene rings is 5. The Hall–Kier alpha value is -6.18. The highest BCUT2D eigenvalue weighted by atomic mass is 32.2. The molecule has 0 saturated carbocycles. The Labute approximate surface area is 339 Å². The van der Waals surface area contributed by atoms with E-state index in [1.54, 1.807) is 42.5 Å². The molecule has 1 aliphatic rings. The molecule has 5 aromatic carbocycles.